The summed E-state index contributed by atoms with van der Waals surface area (Å²) in [4.78, 5) is 0. The summed E-state index contributed by atoms with van der Waals surface area (Å²) >= 11 is 6.02. The predicted octanol–water partition coefficient (Wildman–Crippen LogP) is 5.23. The van der Waals surface area contributed by atoms with Gasteiger partial charge >= 0.3 is 0 Å². The lowest BCUT2D eigenvalue weighted by Gasteiger charge is -2.14. The van der Waals surface area contributed by atoms with Crippen LogP contribution in [0.15, 0.2) is 36.4 Å². The monoisotopic (exact) mass is 387 g/mol. The molecule has 3 nitrogen and oxygen atoms in total. The number of rotatable bonds is 8. The van der Waals surface area contributed by atoms with Crippen LogP contribution in [0.1, 0.15) is 25.0 Å². The second kappa shape index (κ2) is 10.5. The van der Waals surface area contributed by atoms with Crippen molar-refractivity contribution in [2.75, 3.05) is 13.7 Å². The number of halogens is 3. The van der Waals surface area contributed by atoms with Crippen molar-refractivity contribution in [3.8, 4) is 11.5 Å². The second-order valence-electron chi connectivity index (χ2n) is 6.03. The van der Waals surface area contributed by atoms with E-state index in [0.29, 0.717) is 22.4 Å². The van der Waals surface area contributed by atoms with Crippen molar-refractivity contribution in [1.29, 1.82) is 0 Å². The van der Waals surface area contributed by atoms with E-state index < -0.39 is 0 Å². The lowest BCUT2D eigenvalue weighted by Crippen LogP contribution is -2.18. The molecule has 0 saturated heterocycles. The molecule has 0 aliphatic carbocycles. The summed E-state index contributed by atoms with van der Waals surface area (Å²) in [5.41, 5.74) is 1.85. The van der Waals surface area contributed by atoms with Crippen LogP contribution < -0.4 is 14.8 Å². The fourth-order valence-corrected chi connectivity index (χ4v) is 2.46. The van der Waals surface area contributed by atoms with Crippen LogP contribution in [-0.4, -0.2) is 13.7 Å². The summed E-state index contributed by atoms with van der Waals surface area (Å²) in [6.45, 7) is 6.33. The maximum Gasteiger partial charge on any atom is 0.161 e. The smallest absolute Gasteiger partial charge is 0.161 e. The molecule has 2 rings (SSSR count). The molecule has 0 fully saturated rings. The number of hydrogen-bond acceptors (Lipinski definition) is 3. The fourth-order valence-electron chi connectivity index (χ4n) is 2.24. The molecule has 2 aromatic rings. The zero-order chi connectivity index (χ0) is 17.5. The molecule has 25 heavy (non-hydrogen) atoms. The Hall–Kier alpha value is -1.49. The molecule has 0 aromatic heterocycles. The van der Waals surface area contributed by atoms with Gasteiger partial charge in [-0.05, 0) is 42.3 Å². The molecule has 0 spiro atoms. The summed E-state index contributed by atoms with van der Waals surface area (Å²) < 4.78 is 24.3. The third-order valence-corrected chi connectivity index (χ3v) is 3.86. The van der Waals surface area contributed by atoms with Gasteiger partial charge in [-0.2, -0.15) is 0 Å². The first-order valence-electron chi connectivity index (χ1n) is 7.94. The van der Waals surface area contributed by atoms with E-state index in [4.69, 9.17) is 21.1 Å². The van der Waals surface area contributed by atoms with E-state index in [1.807, 2.05) is 18.2 Å². The van der Waals surface area contributed by atoms with Gasteiger partial charge in [0.05, 0.1) is 12.1 Å². The normalized spacial score (nSPS) is 10.5. The van der Waals surface area contributed by atoms with Crippen LogP contribution in [0.3, 0.4) is 0 Å². The van der Waals surface area contributed by atoms with Crippen molar-refractivity contribution in [1.82, 2.24) is 5.32 Å². The zero-order valence-corrected chi connectivity index (χ0v) is 16.2. The summed E-state index contributed by atoms with van der Waals surface area (Å²) in [6, 6.07) is 10.1. The summed E-state index contributed by atoms with van der Waals surface area (Å²) in [5, 5.41) is 3.74. The number of ether oxygens (including phenoxy) is 2. The maximum atomic E-state index is 13.1. The topological polar surface area (TPSA) is 30.5 Å². The van der Waals surface area contributed by atoms with Gasteiger partial charge in [-0.15, -0.1) is 12.4 Å². The Morgan fingerprint density at radius 1 is 1.12 bits per heavy atom. The van der Waals surface area contributed by atoms with Crippen LogP contribution in [-0.2, 0) is 13.2 Å². The van der Waals surface area contributed by atoms with Gasteiger partial charge in [-0.1, -0.05) is 37.6 Å². The van der Waals surface area contributed by atoms with Crippen LogP contribution in [0.4, 0.5) is 4.39 Å². The molecule has 0 atom stereocenters. The summed E-state index contributed by atoms with van der Waals surface area (Å²) in [5.74, 6) is 1.54. The highest BCUT2D eigenvalue weighted by molar-refractivity contribution is 6.31. The first-order valence-corrected chi connectivity index (χ1v) is 8.31. The van der Waals surface area contributed by atoms with E-state index in [9.17, 15) is 4.39 Å². The molecule has 0 heterocycles. The van der Waals surface area contributed by atoms with Gasteiger partial charge in [0.1, 0.15) is 12.4 Å². The quantitative estimate of drug-likeness (QED) is 0.672. The largest absolute Gasteiger partial charge is 0.493 e. The van der Waals surface area contributed by atoms with Gasteiger partial charge in [0, 0.05) is 12.1 Å². The highest BCUT2D eigenvalue weighted by Crippen LogP contribution is 2.29. The minimum atomic E-state index is -0.361. The first-order chi connectivity index (χ1) is 11.5. The van der Waals surface area contributed by atoms with Crippen LogP contribution >= 0.6 is 24.0 Å². The lowest BCUT2D eigenvalue weighted by atomic mass is 10.1. The van der Waals surface area contributed by atoms with Gasteiger partial charge in [-0.3, -0.25) is 0 Å². The molecule has 0 radical (unpaired) electrons. The van der Waals surface area contributed by atoms with Gasteiger partial charge < -0.3 is 14.8 Å². The zero-order valence-electron chi connectivity index (χ0n) is 14.6. The fraction of sp³-hybridized carbons (Fsp3) is 0.368. The Morgan fingerprint density at radius 2 is 1.88 bits per heavy atom. The molecule has 0 unspecified atom stereocenters. The van der Waals surface area contributed by atoms with Crippen molar-refractivity contribution in [3.05, 3.63) is 58.4 Å². The van der Waals surface area contributed by atoms with E-state index in [0.717, 1.165) is 24.2 Å². The molecule has 1 N–H and O–H groups in total. The van der Waals surface area contributed by atoms with E-state index in [1.165, 1.54) is 12.1 Å². The molecular weight excluding hydrogens is 364 g/mol. The Bertz CT molecular complexity index is 680. The maximum absolute atomic E-state index is 13.1. The number of nitrogens with one attached hydrogen (secondary N) is 1. The van der Waals surface area contributed by atoms with Crippen molar-refractivity contribution in [3.63, 3.8) is 0 Å². The Labute approximate surface area is 159 Å². The summed E-state index contributed by atoms with van der Waals surface area (Å²) in [6.07, 6.45) is 0. The molecule has 0 aliphatic heterocycles. The van der Waals surface area contributed by atoms with Gasteiger partial charge in [-0.25, -0.2) is 4.39 Å². The third kappa shape index (κ3) is 6.73. The number of benzene rings is 2. The Morgan fingerprint density at radius 3 is 2.52 bits per heavy atom. The average Bonchev–Trinajstić information content (AvgIpc) is 2.54. The molecule has 0 amide bonds. The van der Waals surface area contributed by atoms with Crippen molar-refractivity contribution < 1.29 is 13.9 Å². The Kier molecular flexibility index (Phi) is 9.04. The third-order valence-electron chi connectivity index (χ3n) is 3.51. The summed E-state index contributed by atoms with van der Waals surface area (Å²) in [7, 11) is 1.61. The molecule has 0 aliphatic rings. The lowest BCUT2D eigenvalue weighted by molar-refractivity contribution is 0.284. The predicted molar refractivity (Wildman–Crippen MR) is 103 cm³/mol. The van der Waals surface area contributed by atoms with Crippen LogP contribution in [0.25, 0.3) is 0 Å². The standard InChI is InChI=1S/C19H23ClFNO2.ClH/c1-13(2)10-22-11-14-4-7-18(19(8-14)23-3)24-12-15-5-6-16(21)9-17(15)20;/h4-9,13,22H,10-12H2,1-3H3;1H. The SMILES string of the molecule is COc1cc(CNCC(C)C)ccc1OCc1ccc(F)cc1Cl.Cl. The molecule has 0 saturated carbocycles. The second-order valence-corrected chi connectivity index (χ2v) is 6.44. The first kappa shape index (κ1) is 21.6. The molecule has 6 heteroatoms. The van der Waals surface area contributed by atoms with Crippen LogP contribution in [0, 0.1) is 11.7 Å². The molecular formula is C19H24Cl2FNO2. The highest BCUT2D eigenvalue weighted by atomic mass is 35.5. The van der Waals surface area contributed by atoms with E-state index in [2.05, 4.69) is 19.2 Å². The van der Waals surface area contributed by atoms with Crippen LogP contribution in [0.5, 0.6) is 11.5 Å². The van der Waals surface area contributed by atoms with Crippen molar-refractivity contribution in [2.24, 2.45) is 5.92 Å². The molecule has 0 bridgehead atoms. The number of methoxy groups -OCH3 is 1. The Balaban J connectivity index is 0.00000312. The number of hydrogen-bond donors (Lipinski definition) is 1. The molecule has 2 aromatic carbocycles. The van der Waals surface area contributed by atoms with E-state index >= 15 is 0 Å². The van der Waals surface area contributed by atoms with Gasteiger partial charge in [0.2, 0.25) is 0 Å². The van der Waals surface area contributed by atoms with Crippen molar-refractivity contribution in [2.45, 2.75) is 27.0 Å². The van der Waals surface area contributed by atoms with Gasteiger partial charge in [0.25, 0.3) is 0 Å². The van der Waals surface area contributed by atoms with E-state index in [-0.39, 0.29) is 24.8 Å². The van der Waals surface area contributed by atoms with E-state index in [1.54, 1.807) is 13.2 Å². The highest BCUT2D eigenvalue weighted by Gasteiger charge is 2.08. The van der Waals surface area contributed by atoms with Crippen LogP contribution in [0.2, 0.25) is 5.02 Å². The minimum absolute atomic E-state index is 0. The minimum Gasteiger partial charge on any atom is -0.493 e. The molecule has 138 valence electrons. The van der Waals surface area contributed by atoms with Gasteiger partial charge in [0.15, 0.2) is 11.5 Å². The average molecular weight is 388 g/mol. The van der Waals surface area contributed by atoms with Crippen molar-refractivity contribution >= 4 is 24.0 Å².